The summed E-state index contributed by atoms with van der Waals surface area (Å²) in [7, 11) is 0.736. The third-order valence-corrected chi connectivity index (χ3v) is 3.36. The highest BCUT2D eigenvalue weighted by Gasteiger charge is 2.25. The zero-order valence-corrected chi connectivity index (χ0v) is 11.1. The first-order valence-electron chi connectivity index (χ1n) is 4.93. The van der Waals surface area contributed by atoms with E-state index in [1.165, 1.54) is 6.08 Å². The molecule has 0 aliphatic rings. The van der Waals surface area contributed by atoms with Crippen LogP contribution in [-0.4, -0.2) is 19.9 Å². The lowest BCUT2D eigenvalue weighted by Crippen LogP contribution is -2.05. The molecule has 0 saturated heterocycles. The Morgan fingerprint density at radius 2 is 2.16 bits per heavy atom. The van der Waals surface area contributed by atoms with Gasteiger partial charge in [-0.05, 0) is 6.42 Å². The molecule has 0 amide bonds. The van der Waals surface area contributed by atoms with E-state index in [1.807, 2.05) is 0 Å². The fraction of sp³-hybridized carbons (Fsp3) is 0.200. The van der Waals surface area contributed by atoms with Gasteiger partial charge >= 0.3 is 0 Å². The lowest BCUT2D eigenvalue weighted by atomic mass is 10.3. The lowest BCUT2D eigenvalue weighted by Gasteiger charge is -2.09. The molecular formula is C10H9ClFNO5S. The first-order chi connectivity index (χ1) is 8.77. The molecule has 0 N–H and O–H groups in total. The molecule has 0 aliphatic carbocycles. The van der Waals surface area contributed by atoms with Gasteiger partial charge in [0.15, 0.2) is 11.6 Å². The molecule has 0 heterocycles. The predicted molar refractivity (Wildman–Crippen MR) is 66.4 cm³/mol. The molecule has 0 aliphatic heterocycles. The number of benzene rings is 1. The van der Waals surface area contributed by atoms with E-state index in [1.54, 1.807) is 0 Å². The van der Waals surface area contributed by atoms with Crippen molar-refractivity contribution in [2.75, 3.05) is 6.61 Å². The number of nitro groups is 1. The van der Waals surface area contributed by atoms with Crippen molar-refractivity contribution < 1.29 is 22.5 Å². The van der Waals surface area contributed by atoms with Gasteiger partial charge in [-0.1, -0.05) is 6.08 Å². The Bertz CT molecular complexity index is 617. The molecule has 0 aromatic heterocycles. The van der Waals surface area contributed by atoms with Gasteiger partial charge in [-0.2, -0.15) is 0 Å². The van der Waals surface area contributed by atoms with E-state index in [2.05, 4.69) is 6.58 Å². The number of ether oxygens (including phenoxy) is 1. The van der Waals surface area contributed by atoms with Crippen LogP contribution in [-0.2, 0) is 9.05 Å². The Balaban J connectivity index is 3.35. The van der Waals surface area contributed by atoms with Gasteiger partial charge < -0.3 is 4.74 Å². The summed E-state index contributed by atoms with van der Waals surface area (Å²) in [6.07, 6.45) is 1.83. The van der Waals surface area contributed by atoms with Gasteiger partial charge in [-0.25, -0.2) is 12.8 Å². The Kier molecular flexibility index (Phi) is 4.84. The van der Waals surface area contributed by atoms with E-state index >= 15 is 0 Å². The quantitative estimate of drug-likeness (QED) is 0.265. The number of halogens is 2. The summed E-state index contributed by atoms with van der Waals surface area (Å²) >= 11 is 0. The minimum atomic E-state index is -4.37. The van der Waals surface area contributed by atoms with E-state index in [0.717, 1.165) is 0 Å². The molecule has 0 unspecified atom stereocenters. The Hall–Kier alpha value is -1.67. The van der Waals surface area contributed by atoms with Crippen LogP contribution in [0.4, 0.5) is 10.1 Å². The number of non-ortho nitro benzene ring substituents is 1. The van der Waals surface area contributed by atoms with Crippen LogP contribution in [0.1, 0.15) is 6.42 Å². The second-order valence-corrected chi connectivity index (χ2v) is 5.91. The van der Waals surface area contributed by atoms with Crippen molar-refractivity contribution in [1.29, 1.82) is 0 Å². The average molecular weight is 310 g/mol. The zero-order valence-electron chi connectivity index (χ0n) is 9.51. The summed E-state index contributed by atoms with van der Waals surface area (Å²) < 4.78 is 41.2. The fourth-order valence-corrected chi connectivity index (χ4v) is 2.21. The van der Waals surface area contributed by atoms with Crippen molar-refractivity contribution in [3.8, 4) is 5.75 Å². The molecule has 1 rings (SSSR count). The minimum absolute atomic E-state index is 0.0301. The SMILES string of the molecule is C=CCCOc1c(F)cc([N+](=O)[O-])cc1S(=O)(=O)Cl. The Morgan fingerprint density at radius 3 is 2.63 bits per heavy atom. The molecule has 0 radical (unpaired) electrons. The van der Waals surface area contributed by atoms with Crippen LogP contribution in [0.5, 0.6) is 5.75 Å². The maximum atomic E-state index is 13.7. The summed E-state index contributed by atoms with van der Waals surface area (Å²) in [6.45, 7) is 3.39. The monoisotopic (exact) mass is 309 g/mol. The second-order valence-electron chi connectivity index (χ2n) is 3.38. The van der Waals surface area contributed by atoms with E-state index < -0.39 is 36.1 Å². The van der Waals surface area contributed by atoms with Crippen molar-refractivity contribution in [3.05, 3.63) is 40.7 Å². The smallest absolute Gasteiger partial charge is 0.273 e. The molecule has 6 nitrogen and oxygen atoms in total. The molecule has 0 spiro atoms. The highest BCUT2D eigenvalue weighted by atomic mass is 35.7. The van der Waals surface area contributed by atoms with Gasteiger partial charge in [-0.3, -0.25) is 10.1 Å². The van der Waals surface area contributed by atoms with Gasteiger partial charge in [0.05, 0.1) is 17.6 Å². The molecule has 19 heavy (non-hydrogen) atoms. The third kappa shape index (κ3) is 3.90. The molecule has 1 aromatic carbocycles. The van der Waals surface area contributed by atoms with E-state index in [0.29, 0.717) is 18.6 Å². The van der Waals surface area contributed by atoms with E-state index in [9.17, 15) is 22.9 Å². The lowest BCUT2D eigenvalue weighted by molar-refractivity contribution is -0.385. The van der Waals surface area contributed by atoms with Crippen molar-refractivity contribution in [2.45, 2.75) is 11.3 Å². The number of hydrogen-bond donors (Lipinski definition) is 0. The zero-order chi connectivity index (χ0) is 14.6. The van der Waals surface area contributed by atoms with Crippen LogP contribution in [0.15, 0.2) is 29.7 Å². The topological polar surface area (TPSA) is 86.5 Å². The van der Waals surface area contributed by atoms with Crippen molar-refractivity contribution in [3.63, 3.8) is 0 Å². The van der Waals surface area contributed by atoms with Gasteiger partial charge in [0.25, 0.3) is 14.7 Å². The predicted octanol–water partition coefficient (Wildman–Crippen LogP) is 2.62. The van der Waals surface area contributed by atoms with Crippen LogP contribution < -0.4 is 4.74 Å². The molecule has 104 valence electrons. The second kappa shape index (κ2) is 5.98. The minimum Gasteiger partial charge on any atom is -0.489 e. The number of rotatable bonds is 6. The first kappa shape index (κ1) is 15.4. The number of nitrogens with zero attached hydrogens (tertiary/aromatic N) is 1. The van der Waals surface area contributed by atoms with Gasteiger partial charge in [0.1, 0.15) is 4.90 Å². The summed E-state index contributed by atoms with van der Waals surface area (Å²) in [5.41, 5.74) is -0.729. The third-order valence-electron chi connectivity index (χ3n) is 2.04. The standard InChI is InChI=1S/C10H9ClFNO5S/c1-2-3-4-18-10-8(12)5-7(13(14)15)6-9(10)19(11,16)17/h2,5-6H,1,3-4H2. The molecule has 0 fully saturated rings. The highest BCUT2D eigenvalue weighted by Crippen LogP contribution is 2.33. The molecule has 1 aromatic rings. The summed E-state index contributed by atoms with van der Waals surface area (Å²) in [6, 6.07) is 1.21. The summed E-state index contributed by atoms with van der Waals surface area (Å²) in [5.74, 6) is -1.81. The molecule has 0 bridgehead atoms. The highest BCUT2D eigenvalue weighted by molar-refractivity contribution is 8.13. The fourth-order valence-electron chi connectivity index (χ4n) is 1.23. The molecular weight excluding hydrogens is 301 g/mol. The van der Waals surface area contributed by atoms with Crippen molar-refractivity contribution in [2.24, 2.45) is 0 Å². The maximum absolute atomic E-state index is 13.7. The average Bonchev–Trinajstić information content (AvgIpc) is 2.29. The molecule has 0 saturated carbocycles. The van der Waals surface area contributed by atoms with Crippen LogP contribution in [0, 0.1) is 15.9 Å². The number of hydrogen-bond acceptors (Lipinski definition) is 5. The van der Waals surface area contributed by atoms with Crippen molar-refractivity contribution in [1.82, 2.24) is 0 Å². The van der Waals surface area contributed by atoms with E-state index in [4.69, 9.17) is 15.4 Å². The number of nitro benzene ring substituents is 1. The largest absolute Gasteiger partial charge is 0.489 e. The Morgan fingerprint density at radius 1 is 1.53 bits per heavy atom. The molecule has 0 atom stereocenters. The van der Waals surface area contributed by atoms with E-state index in [-0.39, 0.29) is 6.61 Å². The summed E-state index contributed by atoms with van der Waals surface area (Å²) in [5, 5.41) is 10.6. The molecule has 9 heteroatoms. The van der Waals surface area contributed by atoms with Crippen LogP contribution in [0.2, 0.25) is 0 Å². The van der Waals surface area contributed by atoms with Crippen LogP contribution >= 0.6 is 10.7 Å². The van der Waals surface area contributed by atoms with Gasteiger partial charge in [-0.15, -0.1) is 6.58 Å². The summed E-state index contributed by atoms with van der Waals surface area (Å²) in [4.78, 5) is 8.85. The van der Waals surface area contributed by atoms with Crippen molar-refractivity contribution >= 4 is 25.4 Å². The maximum Gasteiger partial charge on any atom is 0.273 e. The Labute approximate surface area is 113 Å². The van der Waals surface area contributed by atoms with Crippen LogP contribution in [0.3, 0.4) is 0 Å². The first-order valence-corrected chi connectivity index (χ1v) is 7.24. The van der Waals surface area contributed by atoms with Crippen LogP contribution in [0.25, 0.3) is 0 Å². The normalized spacial score (nSPS) is 11.1. The van der Waals surface area contributed by atoms with Gasteiger partial charge in [0.2, 0.25) is 0 Å². The van der Waals surface area contributed by atoms with Gasteiger partial charge in [0, 0.05) is 16.7 Å².